The number of hydrogen-bond donors (Lipinski definition) is 1. The van der Waals surface area contributed by atoms with Gasteiger partial charge in [-0.3, -0.25) is 4.90 Å². The number of aromatic nitrogens is 2. The van der Waals surface area contributed by atoms with E-state index in [1.807, 2.05) is 67.6 Å². The van der Waals surface area contributed by atoms with Crippen molar-refractivity contribution in [2.75, 3.05) is 13.1 Å². The second-order valence-corrected chi connectivity index (χ2v) is 9.66. The molecule has 1 heterocycles. The third kappa shape index (κ3) is 6.20. The van der Waals surface area contributed by atoms with E-state index in [0.29, 0.717) is 37.1 Å². The molecule has 1 saturated carbocycles. The highest BCUT2D eigenvalue weighted by Gasteiger charge is 2.28. The van der Waals surface area contributed by atoms with Gasteiger partial charge in [0.05, 0.1) is 23.0 Å². The highest BCUT2D eigenvalue weighted by molar-refractivity contribution is 5.43. The molecule has 3 aromatic carbocycles. The third-order valence-corrected chi connectivity index (χ3v) is 6.53. The van der Waals surface area contributed by atoms with Gasteiger partial charge in [0.2, 0.25) is 5.88 Å². The Labute approximate surface area is 211 Å². The van der Waals surface area contributed by atoms with Gasteiger partial charge in [-0.15, -0.1) is 0 Å². The van der Waals surface area contributed by atoms with E-state index in [-0.39, 0.29) is 5.82 Å². The normalized spacial score (nSPS) is 14.2. The van der Waals surface area contributed by atoms with Crippen LogP contribution in [-0.4, -0.2) is 39.0 Å². The van der Waals surface area contributed by atoms with Gasteiger partial charge in [0, 0.05) is 25.7 Å². The Morgan fingerprint density at radius 1 is 1.03 bits per heavy atom. The lowest BCUT2D eigenvalue weighted by Crippen LogP contribution is -2.35. The Morgan fingerprint density at radius 2 is 1.75 bits per heavy atom. The number of ether oxygens (including phenoxy) is 1. The van der Waals surface area contributed by atoms with Crippen LogP contribution in [0, 0.1) is 18.7 Å². The molecule has 6 heteroatoms. The molecule has 5 rings (SSSR count). The topological polar surface area (TPSA) is 50.5 Å². The molecular formula is C30H32FN3O2. The molecule has 1 N–H and O–H groups in total. The van der Waals surface area contributed by atoms with Gasteiger partial charge in [-0.1, -0.05) is 54.6 Å². The zero-order chi connectivity index (χ0) is 24.9. The van der Waals surface area contributed by atoms with Crippen molar-refractivity contribution >= 4 is 0 Å². The summed E-state index contributed by atoms with van der Waals surface area (Å²) in [5.74, 6) is 1.30. The first-order valence-corrected chi connectivity index (χ1v) is 12.6. The van der Waals surface area contributed by atoms with Crippen LogP contribution in [0.15, 0.2) is 84.9 Å². The molecule has 0 spiro atoms. The standard InChI is InChI=1S/C30H32FN3O2/c1-22-29(21-33(19-24-15-16-24)20-27(35)17-23-9-4-2-5-10-23)30(36-28-14-8-11-25(31)18-28)34(32-22)26-12-6-3-7-13-26/h2-14,18,24,27,35H,15-17,19-21H2,1H3. The summed E-state index contributed by atoms with van der Waals surface area (Å²) >= 11 is 0. The minimum atomic E-state index is -0.483. The zero-order valence-electron chi connectivity index (χ0n) is 20.6. The van der Waals surface area contributed by atoms with Crippen LogP contribution >= 0.6 is 0 Å². The molecule has 0 bridgehead atoms. The summed E-state index contributed by atoms with van der Waals surface area (Å²) in [5, 5.41) is 15.7. The van der Waals surface area contributed by atoms with Crippen LogP contribution < -0.4 is 4.74 Å². The molecule has 1 aromatic heterocycles. The number of nitrogens with zero attached hydrogens (tertiary/aromatic N) is 3. The van der Waals surface area contributed by atoms with Gasteiger partial charge >= 0.3 is 0 Å². The predicted octanol–water partition coefficient (Wildman–Crippen LogP) is 5.93. The van der Waals surface area contributed by atoms with E-state index in [2.05, 4.69) is 4.90 Å². The number of aliphatic hydroxyl groups excluding tert-OH is 1. The molecule has 0 aliphatic heterocycles. The lowest BCUT2D eigenvalue weighted by atomic mass is 10.1. The summed E-state index contributed by atoms with van der Waals surface area (Å²) in [6.45, 7) is 4.04. The number of aliphatic hydroxyl groups is 1. The van der Waals surface area contributed by atoms with E-state index in [1.165, 1.54) is 25.0 Å². The van der Waals surface area contributed by atoms with Crippen molar-refractivity contribution in [3.05, 3.63) is 108 Å². The summed E-state index contributed by atoms with van der Waals surface area (Å²) < 4.78 is 22.0. The van der Waals surface area contributed by atoms with E-state index in [4.69, 9.17) is 9.84 Å². The van der Waals surface area contributed by atoms with E-state index in [9.17, 15) is 9.50 Å². The summed E-state index contributed by atoms with van der Waals surface area (Å²) in [6, 6.07) is 26.1. The van der Waals surface area contributed by atoms with Crippen molar-refractivity contribution in [2.45, 2.75) is 38.8 Å². The number of halogens is 1. The van der Waals surface area contributed by atoms with Crippen molar-refractivity contribution in [1.82, 2.24) is 14.7 Å². The van der Waals surface area contributed by atoms with Crippen LogP contribution in [0.1, 0.15) is 29.7 Å². The van der Waals surface area contributed by atoms with Gasteiger partial charge in [0.1, 0.15) is 11.6 Å². The molecular weight excluding hydrogens is 453 g/mol. The van der Waals surface area contributed by atoms with Crippen LogP contribution in [0.2, 0.25) is 0 Å². The average molecular weight is 486 g/mol. The highest BCUT2D eigenvalue weighted by atomic mass is 19.1. The second-order valence-electron chi connectivity index (χ2n) is 9.66. The highest BCUT2D eigenvalue weighted by Crippen LogP contribution is 2.34. The Balaban J connectivity index is 1.43. The Morgan fingerprint density at radius 3 is 2.44 bits per heavy atom. The average Bonchev–Trinajstić information content (AvgIpc) is 3.64. The molecule has 0 radical (unpaired) electrons. The summed E-state index contributed by atoms with van der Waals surface area (Å²) in [5.41, 5.74) is 3.79. The second kappa shape index (κ2) is 11.1. The minimum absolute atomic E-state index is 0.351. The molecule has 1 unspecified atom stereocenters. The quantitative estimate of drug-likeness (QED) is 0.286. The SMILES string of the molecule is Cc1nn(-c2ccccc2)c(Oc2cccc(F)c2)c1CN(CC(O)Cc1ccccc1)CC1CC1. The first-order chi connectivity index (χ1) is 17.5. The van der Waals surface area contributed by atoms with Crippen LogP contribution in [0.4, 0.5) is 4.39 Å². The lowest BCUT2D eigenvalue weighted by molar-refractivity contribution is 0.105. The monoisotopic (exact) mass is 485 g/mol. The van der Waals surface area contributed by atoms with Gasteiger partial charge < -0.3 is 9.84 Å². The molecule has 1 atom stereocenters. The Bertz CT molecular complexity index is 1270. The number of hydrogen-bond acceptors (Lipinski definition) is 4. The minimum Gasteiger partial charge on any atom is -0.438 e. The Kier molecular flexibility index (Phi) is 7.44. The van der Waals surface area contributed by atoms with Gasteiger partial charge in [-0.05, 0) is 61.9 Å². The number of benzene rings is 3. The van der Waals surface area contributed by atoms with E-state index in [0.717, 1.165) is 29.1 Å². The maximum Gasteiger partial charge on any atom is 0.227 e. The molecule has 4 aromatic rings. The van der Waals surface area contributed by atoms with Gasteiger partial charge in [-0.25, -0.2) is 9.07 Å². The van der Waals surface area contributed by atoms with Crippen molar-refractivity contribution in [2.24, 2.45) is 5.92 Å². The molecule has 1 aliphatic rings. The summed E-state index contributed by atoms with van der Waals surface area (Å²) in [7, 11) is 0. The fourth-order valence-electron chi connectivity index (χ4n) is 4.55. The summed E-state index contributed by atoms with van der Waals surface area (Å²) in [6.07, 6.45) is 2.57. The largest absolute Gasteiger partial charge is 0.438 e. The first-order valence-electron chi connectivity index (χ1n) is 12.6. The van der Waals surface area contributed by atoms with Gasteiger partial charge in [-0.2, -0.15) is 5.10 Å². The van der Waals surface area contributed by atoms with Crippen LogP contribution in [0.3, 0.4) is 0 Å². The summed E-state index contributed by atoms with van der Waals surface area (Å²) in [4.78, 5) is 2.31. The molecule has 5 nitrogen and oxygen atoms in total. The Hall–Kier alpha value is -3.48. The van der Waals surface area contributed by atoms with Crippen molar-refractivity contribution in [3.8, 4) is 17.3 Å². The van der Waals surface area contributed by atoms with E-state index < -0.39 is 6.10 Å². The molecule has 0 amide bonds. The van der Waals surface area contributed by atoms with Crippen LogP contribution in [0.25, 0.3) is 5.69 Å². The van der Waals surface area contributed by atoms with Gasteiger partial charge in [0.15, 0.2) is 0 Å². The van der Waals surface area contributed by atoms with Crippen LogP contribution in [-0.2, 0) is 13.0 Å². The van der Waals surface area contributed by atoms with Gasteiger partial charge in [0.25, 0.3) is 0 Å². The fraction of sp³-hybridized carbons (Fsp3) is 0.300. The van der Waals surface area contributed by atoms with E-state index in [1.54, 1.807) is 16.8 Å². The maximum absolute atomic E-state index is 13.9. The first kappa shape index (κ1) is 24.2. The van der Waals surface area contributed by atoms with Crippen LogP contribution in [0.5, 0.6) is 11.6 Å². The zero-order valence-corrected chi connectivity index (χ0v) is 20.6. The maximum atomic E-state index is 13.9. The fourth-order valence-corrected chi connectivity index (χ4v) is 4.55. The molecule has 1 aliphatic carbocycles. The lowest BCUT2D eigenvalue weighted by Gasteiger charge is -2.25. The van der Waals surface area contributed by atoms with Crippen molar-refractivity contribution in [1.29, 1.82) is 0 Å². The van der Waals surface area contributed by atoms with Crippen molar-refractivity contribution in [3.63, 3.8) is 0 Å². The molecule has 1 fully saturated rings. The predicted molar refractivity (Wildman–Crippen MR) is 139 cm³/mol. The molecule has 36 heavy (non-hydrogen) atoms. The molecule has 186 valence electrons. The third-order valence-electron chi connectivity index (χ3n) is 6.53. The number of rotatable bonds is 11. The number of para-hydroxylation sites is 1. The smallest absolute Gasteiger partial charge is 0.227 e. The van der Waals surface area contributed by atoms with E-state index >= 15 is 0 Å². The molecule has 0 saturated heterocycles. The van der Waals surface area contributed by atoms with Crippen molar-refractivity contribution < 1.29 is 14.2 Å². The number of aryl methyl sites for hydroxylation is 1.